The van der Waals surface area contributed by atoms with E-state index in [4.69, 9.17) is 15.2 Å². The first-order chi connectivity index (χ1) is 10.7. The summed E-state index contributed by atoms with van der Waals surface area (Å²) in [5, 5.41) is 0.683. The number of ether oxygens (including phenoxy) is 2. The van der Waals surface area contributed by atoms with Crippen molar-refractivity contribution in [2.24, 2.45) is 5.73 Å². The summed E-state index contributed by atoms with van der Waals surface area (Å²) in [6.07, 6.45) is 2.11. The predicted molar refractivity (Wildman–Crippen MR) is 92.3 cm³/mol. The minimum absolute atomic E-state index is 0. The molecule has 0 radical (unpaired) electrons. The second-order valence-corrected chi connectivity index (χ2v) is 5.87. The lowest BCUT2D eigenvalue weighted by Crippen LogP contribution is -2.11. The van der Waals surface area contributed by atoms with Gasteiger partial charge >= 0.3 is 0 Å². The van der Waals surface area contributed by atoms with Gasteiger partial charge in [-0.1, -0.05) is 6.92 Å². The highest BCUT2D eigenvalue weighted by atomic mass is 35.5. The number of hydrogen-bond donors (Lipinski definition) is 1. The molecule has 2 N–H and O–H groups in total. The summed E-state index contributed by atoms with van der Waals surface area (Å²) in [6.45, 7) is 4.31. The molecule has 0 unspecified atom stereocenters. The van der Waals surface area contributed by atoms with Gasteiger partial charge in [0.1, 0.15) is 6.61 Å². The number of fused-ring (bicyclic) bond motifs is 3. The van der Waals surface area contributed by atoms with Crippen molar-refractivity contribution in [1.82, 2.24) is 4.57 Å². The fourth-order valence-corrected chi connectivity index (χ4v) is 3.39. The Bertz CT molecular complexity index is 687. The highest BCUT2D eigenvalue weighted by Crippen LogP contribution is 2.39. The normalized spacial score (nSPS) is 14.6. The zero-order valence-electron chi connectivity index (χ0n) is 13.6. The van der Waals surface area contributed by atoms with E-state index in [0.29, 0.717) is 30.9 Å². The number of rotatable bonds is 6. The van der Waals surface area contributed by atoms with E-state index in [9.17, 15) is 4.39 Å². The van der Waals surface area contributed by atoms with Gasteiger partial charge in [-0.3, -0.25) is 0 Å². The smallest absolute Gasteiger partial charge is 0.174 e. The van der Waals surface area contributed by atoms with E-state index in [1.165, 1.54) is 5.69 Å². The Hall–Kier alpha value is -1.30. The minimum atomic E-state index is -0.272. The lowest BCUT2D eigenvalue weighted by atomic mass is 9.96. The number of methoxy groups -OCH3 is 1. The molecule has 0 spiro atoms. The van der Waals surface area contributed by atoms with Gasteiger partial charge < -0.3 is 19.8 Å². The number of aryl methyl sites for hydroxylation is 1. The zero-order valence-corrected chi connectivity index (χ0v) is 14.4. The van der Waals surface area contributed by atoms with E-state index in [1.807, 2.05) is 6.07 Å². The third-order valence-electron chi connectivity index (χ3n) is 4.47. The highest BCUT2D eigenvalue weighted by Gasteiger charge is 2.27. The summed E-state index contributed by atoms with van der Waals surface area (Å²) in [5.74, 6) is 0.158. The maximum absolute atomic E-state index is 15.0. The van der Waals surface area contributed by atoms with Crippen LogP contribution in [0.15, 0.2) is 12.1 Å². The van der Waals surface area contributed by atoms with Crippen molar-refractivity contribution in [3.8, 4) is 5.75 Å². The van der Waals surface area contributed by atoms with Crippen molar-refractivity contribution < 1.29 is 13.9 Å². The van der Waals surface area contributed by atoms with Crippen LogP contribution in [0.25, 0.3) is 10.9 Å². The highest BCUT2D eigenvalue weighted by molar-refractivity contribution is 5.88. The molecule has 1 aromatic heterocycles. The Kier molecular flexibility index (Phi) is 5.89. The summed E-state index contributed by atoms with van der Waals surface area (Å²) in [7, 11) is 1.60. The predicted octanol–water partition coefficient (Wildman–Crippen LogP) is 3.24. The van der Waals surface area contributed by atoms with Gasteiger partial charge in [0, 0.05) is 24.7 Å². The Balaban J connectivity index is 0.00000192. The third-order valence-corrected chi connectivity index (χ3v) is 4.47. The van der Waals surface area contributed by atoms with Gasteiger partial charge in [0.15, 0.2) is 11.6 Å². The zero-order chi connectivity index (χ0) is 15.7. The van der Waals surface area contributed by atoms with Crippen LogP contribution in [0.4, 0.5) is 4.39 Å². The number of halogens is 2. The molecule has 1 aliphatic rings. The maximum Gasteiger partial charge on any atom is 0.174 e. The summed E-state index contributed by atoms with van der Waals surface area (Å²) in [4.78, 5) is 0. The van der Waals surface area contributed by atoms with Crippen LogP contribution in [0.1, 0.15) is 30.5 Å². The molecule has 23 heavy (non-hydrogen) atoms. The van der Waals surface area contributed by atoms with Gasteiger partial charge in [-0.05, 0) is 43.0 Å². The largest absolute Gasteiger partial charge is 0.488 e. The number of hydrogen-bond acceptors (Lipinski definition) is 3. The van der Waals surface area contributed by atoms with Crippen LogP contribution < -0.4 is 10.5 Å². The average molecular weight is 343 g/mol. The topological polar surface area (TPSA) is 49.4 Å². The standard InChI is InChI=1S/C17H23FN2O2.ClH/c1-11(10-19)15-12-4-3-7-20(12)13-5-6-14(17(18)16(13)15)22-9-8-21-2;/h5-6,11H,3-4,7-10,19H2,1-2H3;1H/t11-;/m1./s1. The van der Waals surface area contributed by atoms with Crippen molar-refractivity contribution >= 4 is 23.3 Å². The number of nitrogens with two attached hydrogens (primary N) is 1. The van der Waals surface area contributed by atoms with Crippen LogP contribution >= 0.6 is 12.4 Å². The molecule has 0 bridgehead atoms. The van der Waals surface area contributed by atoms with Crippen LogP contribution in [0.2, 0.25) is 0 Å². The first-order valence-electron chi connectivity index (χ1n) is 7.84. The van der Waals surface area contributed by atoms with Crippen LogP contribution in [0.3, 0.4) is 0 Å². The number of benzene rings is 1. The molecule has 1 aliphatic heterocycles. The quantitative estimate of drug-likeness (QED) is 0.820. The van der Waals surface area contributed by atoms with Gasteiger partial charge in [0.25, 0.3) is 0 Å². The molecule has 6 heteroatoms. The van der Waals surface area contributed by atoms with Crippen molar-refractivity contribution in [3.05, 3.63) is 29.2 Å². The van der Waals surface area contributed by atoms with Crippen molar-refractivity contribution in [1.29, 1.82) is 0 Å². The molecule has 0 saturated carbocycles. The van der Waals surface area contributed by atoms with Gasteiger partial charge in [-0.2, -0.15) is 0 Å². The summed E-state index contributed by atoms with van der Waals surface area (Å²) in [5.41, 5.74) is 9.11. The number of aromatic nitrogens is 1. The summed E-state index contributed by atoms with van der Waals surface area (Å²) < 4.78 is 27.7. The Labute approximate surface area is 142 Å². The molecule has 4 nitrogen and oxygen atoms in total. The lowest BCUT2D eigenvalue weighted by Gasteiger charge is -2.12. The molecule has 0 amide bonds. The fraction of sp³-hybridized carbons (Fsp3) is 0.529. The van der Waals surface area contributed by atoms with Gasteiger partial charge in [0.05, 0.1) is 12.1 Å². The fourth-order valence-electron chi connectivity index (χ4n) is 3.39. The average Bonchev–Trinajstić information content (AvgIpc) is 3.09. The molecule has 1 atom stereocenters. The molecule has 3 rings (SSSR count). The van der Waals surface area contributed by atoms with Crippen molar-refractivity contribution in [2.45, 2.75) is 32.2 Å². The SMILES string of the molecule is COCCOc1ccc2c(c1F)c([C@H](C)CN)c1n2CCC1.Cl. The van der Waals surface area contributed by atoms with Crippen LogP contribution in [-0.2, 0) is 17.7 Å². The lowest BCUT2D eigenvalue weighted by molar-refractivity contribution is 0.144. The molecule has 0 saturated heterocycles. The van der Waals surface area contributed by atoms with Gasteiger partial charge in [0.2, 0.25) is 0 Å². The van der Waals surface area contributed by atoms with Crippen LogP contribution in [-0.4, -0.2) is 31.4 Å². The van der Waals surface area contributed by atoms with E-state index in [1.54, 1.807) is 13.2 Å². The Morgan fingerprint density at radius 1 is 1.35 bits per heavy atom. The minimum Gasteiger partial charge on any atom is -0.488 e. The van der Waals surface area contributed by atoms with Crippen molar-refractivity contribution in [3.63, 3.8) is 0 Å². The molecule has 0 aliphatic carbocycles. The van der Waals surface area contributed by atoms with E-state index < -0.39 is 0 Å². The van der Waals surface area contributed by atoms with E-state index in [0.717, 1.165) is 30.5 Å². The third kappa shape index (κ3) is 3.05. The van der Waals surface area contributed by atoms with Gasteiger partial charge in [-0.25, -0.2) is 4.39 Å². The summed E-state index contributed by atoms with van der Waals surface area (Å²) >= 11 is 0. The van der Waals surface area contributed by atoms with Crippen LogP contribution in [0.5, 0.6) is 5.75 Å². The number of nitrogens with zero attached hydrogens (tertiary/aromatic N) is 1. The molecule has 128 valence electrons. The first-order valence-corrected chi connectivity index (χ1v) is 7.84. The van der Waals surface area contributed by atoms with E-state index in [2.05, 4.69) is 11.5 Å². The molecular weight excluding hydrogens is 319 g/mol. The van der Waals surface area contributed by atoms with Crippen LogP contribution in [0, 0.1) is 5.82 Å². The maximum atomic E-state index is 15.0. The second-order valence-electron chi connectivity index (χ2n) is 5.87. The van der Waals surface area contributed by atoms with Crippen molar-refractivity contribution in [2.75, 3.05) is 26.9 Å². The Morgan fingerprint density at radius 3 is 2.83 bits per heavy atom. The first kappa shape index (κ1) is 18.0. The second kappa shape index (κ2) is 7.51. The van der Waals surface area contributed by atoms with Gasteiger partial charge in [-0.15, -0.1) is 12.4 Å². The molecule has 2 aromatic rings. The molecule has 0 fully saturated rings. The monoisotopic (exact) mass is 342 g/mol. The Morgan fingerprint density at radius 2 is 2.13 bits per heavy atom. The summed E-state index contributed by atoms with van der Waals surface area (Å²) in [6, 6.07) is 3.68. The molecular formula is C17H24ClFN2O2. The van der Waals surface area contributed by atoms with E-state index >= 15 is 0 Å². The van der Waals surface area contributed by atoms with E-state index in [-0.39, 0.29) is 24.1 Å². The molecule has 2 heterocycles. The molecule has 1 aromatic carbocycles.